The summed E-state index contributed by atoms with van der Waals surface area (Å²) in [6, 6.07) is 3.12. The molecule has 1 aromatic rings. The maximum atomic E-state index is 11.3. The van der Waals surface area contributed by atoms with Crippen molar-refractivity contribution in [2.45, 2.75) is 6.92 Å². The number of carbonyl (C=O) groups excluding carboxylic acids is 1. The monoisotopic (exact) mass is 228 g/mol. The number of hydrogen-bond donors (Lipinski definition) is 1. The fourth-order valence-corrected chi connectivity index (χ4v) is 1.48. The number of ketones is 1. The van der Waals surface area contributed by atoms with E-state index in [-0.39, 0.29) is 16.3 Å². The number of halogens is 1. The Balaban J connectivity index is 3.44. The van der Waals surface area contributed by atoms with E-state index in [2.05, 4.69) is 0 Å². The molecule has 15 heavy (non-hydrogen) atoms. The van der Waals surface area contributed by atoms with E-state index in [1.54, 1.807) is 13.0 Å². The van der Waals surface area contributed by atoms with E-state index in [4.69, 9.17) is 21.4 Å². The molecule has 0 amide bonds. The van der Waals surface area contributed by atoms with Crippen molar-refractivity contribution in [1.29, 1.82) is 0 Å². The minimum Gasteiger partial charge on any atom is -0.496 e. The third kappa shape index (κ3) is 2.10. The van der Waals surface area contributed by atoms with Crippen LogP contribution in [0.5, 0.6) is 5.75 Å². The number of carboxylic acids is 1. The van der Waals surface area contributed by atoms with Crippen LogP contribution in [-0.2, 0) is 4.79 Å². The Hall–Kier alpha value is -1.55. The summed E-state index contributed by atoms with van der Waals surface area (Å²) in [7, 11) is 1.36. The molecule has 0 saturated carbocycles. The molecule has 0 bridgehead atoms. The van der Waals surface area contributed by atoms with Crippen molar-refractivity contribution < 1.29 is 19.4 Å². The van der Waals surface area contributed by atoms with Gasteiger partial charge in [0.25, 0.3) is 5.78 Å². The van der Waals surface area contributed by atoms with Crippen molar-refractivity contribution in [3.8, 4) is 5.75 Å². The summed E-state index contributed by atoms with van der Waals surface area (Å²) in [5.41, 5.74) is 0.554. The molecule has 80 valence electrons. The Morgan fingerprint density at radius 2 is 2.00 bits per heavy atom. The van der Waals surface area contributed by atoms with Gasteiger partial charge in [0.15, 0.2) is 0 Å². The maximum Gasteiger partial charge on any atom is 0.377 e. The van der Waals surface area contributed by atoms with Crippen LogP contribution in [0.2, 0.25) is 5.02 Å². The van der Waals surface area contributed by atoms with E-state index >= 15 is 0 Å². The van der Waals surface area contributed by atoms with Crippen LogP contribution in [0, 0.1) is 6.92 Å². The molecular formula is C10H9ClO4. The van der Waals surface area contributed by atoms with Gasteiger partial charge < -0.3 is 9.84 Å². The molecule has 1 rings (SSSR count). The summed E-state index contributed by atoms with van der Waals surface area (Å²) >= 11 is 5.75. The molecule has 0 aliphatic rings. The fourth-order valence-electron chi connectivity index (χ4n) is 1.24. The van der Waals surface area contributed by atoms with E-state index in [1.165, 1.54) is 13.2 Å². The predicted molar refractivity (Wildman–Crippen MR) is 54.7 cm³/mol. The van der Waals surface area contributed by atoms with Crippen molar-refractivity contribution >= 4 is 23.4 Å². The first-order chi connectivity index (χ1) is 6.99. The lowest BCUT2D eigenvalue weighted by Crippen LogP contribution is -2.15. The number of ether oxygens (including phenoxy) is 1. The van der Waals surface area contributed by atoms with Crippen LogP contribution in [0.25, 0.3) is 0 Å². The lowest BCUT2D eigenvalue weighted by Gasteiger charge is -2.10. The number of carbonyl (C=O) groups is 2. The molecule has 0 radical (unpaired) electrons. The van der Waals surface area contributed by atoms with Gasteiger partial charge >= 0.3 is 5.97 Å². The van der Waals surface area contributed by atoms with Crippen LogP contribution < -0.4 is 4.74 Å². The second kappa shape index (κ2) is 4.31. The molecule has 0 heterocycles. The molecule has 0 aromatic heterocycles. The van der Waals surface area contributed by atoms with Crippen LogP contribution in [0.15, 0.2) is 12.1 Å². The highest BCUT2D eigenvalue weighted by molar-refractivity contribution is 6.45. The molecule has 4 nitrogen and oxygen atoms in total. The molecule has 0 spiro atoms. The molecule has 1 aromatic carbocycles. The van der Waals surface area contributed by atoms with Crippen molar-refractivity contribution in [2.24, 2.45) is 0 Å². The van der Waals surface area contributed by atoms with Crippen molar-refractivity contribution in [2.75, 3.05) is 7.11 Å². The highest BCUT2D eigenvalue weighted by Crippen LogP contribution is 2.30. The Morgan fingerprint density at radius 1 is 1.40 bits per heavy atom. The number of methoxy groups -OCH3 is 1. The zero-order chi connectivity index (χ0) is 11.6. The minimum atomic E-state index is -1.55. The van der Waals surface area contributed by atoms with Crippen LogP contribution in [-0.4, -0.2) is 24.0 Å². The first kappa shape index (κ1) is 11.5. The van der Waals surface area contributed by atoms with Gasteiger partial charge in [0, 0.05) is 0 Å². The summed E-state index contributed by atoms with van der Waals surface area (Å²) in [6.45, 7) is 1.70. The quantitative estimate of drug-likeness (QED) is 0.634. The van der Waals surface area contributed by atoms with E-state index in [1.807, 2.05) is 0 Å². The normalized spacial score (nSPS) is 9.80. The molecule has 1 N–H and O–H groups in total. The average Bonchev–Trinajstić information content (AvgIpc) is 2.19. The molecule has 0 fully saturated rings. The second-order valence-electron chi connectivity index (χ2n) is 2.91. The Labute approximate surface area is 91.4 Å². The summed E-state index contributed by atoms with van der Waals surface area (Å²) in [5.74, 6) is -2.42. The third-order valence-electron chi connectivity index (χ3n) is 1.93. The second-order valence-corrected chi connectivity index (χ2v) is 3.31. The number of hydrogen-bond acceptors (Lipinski definition) is 3. The summed E-state index contributed by atoms with van der Waals surface area (Å²) in [4.78, 5) is 21.9. The first-order valence-corrected chi connectivity index (χ1v) is 4.47. The number of carboxylic acid groups (broad SMARTS) is 1. The number of benzene rings is 1. The number of rotatable bonds is 3. The topological polar surface area (TPSA) is 63.6 Å². The number of Topliss-reactive ketones (excluding diaryl/α,β-unsaturated/α-hetero) is 1. The van der Waals surface area contributed by atoms with Gasteiger partial charge in [-0.2, -0.15) is 0 Å². The van der Waals surface area contributed by atoms with Gasteiger partial charge in [-0.25, -0.2) is 4.79 Å². The zero-order valence-corrected chi connectivity index (χ0v) is 8.96. The molecule has 0 aliphatic carbocycles. The molecule has 0 aliphatic heterocycles. The summed E-state index contributed by atoms with van der Waals surface area (Å²) in [6.07, 6.45) is 0. The highest BCUT2D eigenvalue weighted by atomic mass is 35.5. The van der Waals surface area contributed by atoms with Crippen molar-refractivity contribution in [3.05, 3.63) is 28.3 Å². The SMILES string of the molecule is COc1c(C)ccc(Cl)c1C(=O)C(=O)O. The number of aliphatic carboxylic acids is 1. The highest BCUT2D eigenvalue weighted by Gasteiger charge is 2.23. The third-order valence-corrected chi connectivity index (χ3v) is 2.24. The van der Waals surface area contributed by atoms with Crippen LogP contribution in [0.4, 0.5) is 0 Å². The van der Waals surface area contributed by atoms with Crippen molar-refractivity contribution in [3.63, 3.8) is 0 Å². The van der Waals surface area contributed by atoms with Crippen molar-refractivity contribution in [1.82, 2.24) is 0 Å². The van der Waals surface area contributed by atoms with Crippen LogP contribution in [0.3, 0.4) is 0 Å². The smallest absolute Gasteiger partial charge is 0.377 e. The minimum absolute atomic E-state index is 0.0739. The predicted octanol–water partition coefficient (Wildman–Crippen LogP) is 1.92. The van der Waals surface area contributed by atoms with E-state index in [0.717, 1.165) is 0 Å². The lowest BCUT2D eigenvalue weighted by molar-refractivity contribution is -0.131. The molecule has 0 saturated heterocycles. The standard InChI is InChI=1S/C10H9ClO4/c1-5-3-4-6(11)7(9(5)15-2)8(12)10(13)14/h3-4H,1-2H3,(H,13,14). The van der Waals surface area contributed by atoms with Crippen LogP contribution in [0.1, 0.15) is 15.9 Å². The summed E-state index contributed by atoms with van der Waals surface area (Å²) < 4.78 is 4.96. The zero-order valence-electron chi connectivity index (χ0n) is 8.20. The largest absolute Gasteiger partial charge is 0.496 e. The average molecular weight is 229 g/mol. The molecular weight excluding hydrogens is 220 g/mol. The van der Waals surface area contributed by atoms with E-state index in [9.17, 15) is 9.59 Å². The Morgan fingerprint density at radius 3 is 2.47 bits per heavy atom. The van der Waals surface area contributed by atoms with Gasteiger partial charge in [-0.1, -0.05) is 17.7 Å². The van der Waals surface area contributed by atoms with Gasteiger partial charge in [0.1, 0.15) is 5.75 Å². The van der Waals surface area contributed by atoms with E-state index in [0.29, 0.717) is 5.56 Å². The first-order valence-electron chi connectivity index (χ1n) is 4.09. The maximum absolute atomic E-state index is 11.3. The molecule has 0 unspecified atom stereocenters. The van der Waals surface area contributed by atoms with E-state index < -0.39 is 11.8 Å². The Bertz CT molecular complexity index is 426. The van der Waals surface area contributed by atoms with Gasteiger partial charge in [0.2, 0.25) is 0 Å². The van der Waals surface area contributed by atoms with Crippen LogP contribution >= 0.6 is 11.6 Å². The fraction of sp³-hybridized carbons (Fsp3) is 0.200. The lowest BCUT2D eigenvalue weighted by atomic mass is 10.1. The molecule has 5 heteroatoms. The van der Waals surface area contributed by atoms with Gasteiger partial charge in [-0.15, -0.1) is 0 Å². The van der Waals surface area contributed by atoms with Gasteiger partial charge in [0.05, 0.1) is 17.7 Å². The Kier molecular flexibility index (Phi) is 3.31. The summed E-state index contributed by atoms with van der Waals surface area (Å²) in [5, 5.41) is 8.68. The van der Waals surface area contributed by atoms with Gasteiger partial charge in [-0.05, 0) is 18.6 Å². The molecule has 0 atom stereocenters. The number of aryl methyl sites for hydroxylation is 1. The van der Waals surface area contributed by atoms with Gasteiger partial charge in [-0.3, -0.25) is 4.79 Å².